The standard InChI is InChI=1S/C25H23FN2O3/c1-31-23-13-12-19(15-22(23)28-24(29)17-8-4-9-18(26)14-17)27-25(30)21-11-5-7-16-6-2-3-10-20(16)21/h2-4,6,8-10,12-15,21H,5,7,11H2,1H3,(H,27,30)(H,28,29). The van der Waals surface area contributed by atoms with Crippen molar-refractivity contribution in [1.29, 1.82) is 0 Å². The zero-order chi connectivity index (χ0) is 21.8. The molecule has 1 aliphatic rings. The number of amides is 2. The summed E-state index contributed by atoms with van der Waals surface area (Å²) in [6.45, 7) is 0. The van der Waals surface area contributed by atoms with Gasteiger partial charge in [-0.2, -0.15) is 0 Å². The molecule has 4 rings (SSSR count). The highest BCUT2D eigenvalue weighted by molar-refractivity contribution is 6.05. The van der Waals surface area contributed by atoms with Crippen LogP contribution in [0.15, 0.2) is 66.7 Å². The maximum absolute atomic E-state index is 13.4. The topological polar surface area (TPSA) is 67.4 Å². The maximum atomic E-state index is 13.4. The summed E-state index contributed by atoms with van der Waals surface area (Å²) in [6, 6.07) is 18.5. The van der Waals surface area contributed by atoms with E-state index >= 15 is 0 Å². The van der Waals surface area contributed by atoms with E-state index in [9.17, 15) is 14.0 Å². The molecule has 0 bridgehead atoms. The molecule has 0 aliphatic heterocycles. The number of hydrogen-bond donors (Lipinski definition) is 2. The SMILES string of the molecule is COc1ccc(NC(=O)C2CCCc3ccccc32)cc1NC(=O)c1cccc(F)c1. The molecule has 2 N–H and O–H groups in total. The molecule has 5 nitrogen and oxygen atoms in total. The number of methoxy groups -OCH3 is 1. The molecule has 6 heteroatoms. The van der Waals surface area contributed by atoms with Crippen LogP contribution in [0.3, 0.4) is 0 Å². The van der Waals surface area contributed by atoms with Crippen LogP contribution in [0.1, 0.15) is 40.2 Å². The monoisotopic (exact) mass is 418 g/mol. The Morgan fingerprint density at radius 3 is 2.65 bits per heavy atom. The molecule has 1 atom stereocenters. The summed E-state index contributed by atoms with van der Waals surface area (Å²) in [7, 11) is 1.49. The first-order chi connectivity index (χ1) is 15.0. The number of halogens is 1. The van der Waals surface area contributed by atoms with Crippen molar-refractivity contribution >= 4 is 23.2 Å². The molecular formula is C25H23FN2O3. The van der Waals surface area contributed by atoms with Crippen molar-refractivity contribution in [1.82, 2.24) is 0 Å². The van der Waals surface area contributed by atoms with Crippen molar-refractivity contribution in [2.24, 2.45) is 0 Å². The maximum Gasteiger partial charge on any atom is 0.255 e. The van der Waals surface area contributed by atoms with Crippen molar-refractivity contribution in [2.45, 2.75) is 25.2 Å². The first-order valence-corrected chi connectivity index (χ1v) is 10.2. The molecule has 0 aromatic heterocycles. The van der Waals surface area contributed by atoms with Crippen molar-refractivity contribution in [2.75, 3.05) is 17.7 Å². The molecule has 1 unspecified atom stereocenters. The highest BCUT2D eigenvalue weighted by Crippen LogP contribution is 2.33. The van der Waals surface area contributed by atoms with Crippen LogP contribution in [0, 0.1) is 5.82 Å². The minimum atomic E-state index is -0.492. The fourth-order valence-electron chi connectivity index (χ4n) is 3.96. The molecule has 0 saturated heterocycles. The largest absolute Gasteiger partial charge is 0.495 e. The molecule has 3 aromatic rings. The molecule has 1 aliphatic carbocycles. The summed E-state index contributed by atoms with van der Waals surface area (Å²) < 4.78 is 18.8. The number of anilines is 2. The summed E-state index contributed by atoms with van der Waals surface area (Å²) in [4.78, 5) is 25.5. The third-order valence-corrected chi connectivity index (χ3v) is 5.49. The molecule has 0 heterocycles. The van der Waals surface area contributed by atoms with Gasteiger partial charge in [0.2, 0.25) is 5.91 Å². The Hall–Kier alpha value is -3.67. The van der Waals surface area contributed by atoms with E-state index < -0.39 is 11.7 Å². The smallest absolute Gasteiger partial charge is 0.255 e. The summed E-state index contributed by atoms with van der Waals surface area (Å²) >= 11 is 0. The number of carbonyl (C=O) groups excluding carboxylic acids is 2. The van der Waals surface area contributed by atoms with Crippen molar-refractivity contribution < 1.29 is 18.7 Å². The van der Waals surface area contributed by atoms with Crippen LogP contribution < -0.4 is 15.4 Å². The summed E-state index contributed by atoms with van der Waals surface area (Å²) in [6.07, 6.45) is 2.74. The lowest BCUT2D eigenvalue weighted by Crippen LogP contribution is -2.24. The second kappa shape index (κ2) is 9.00. The Balaban J connectivity index is 1.54. The van der Waals surface area contributed by atoms with Crippen molar-refractivity contribution in [3.63, 3.8) is 0 Å². The lowest BCUT2D eigenvalue weighted by atomic mass is 9.82. The Kier molecular flexibility index (Phi) is 5.98. The van der Waals surface area contributed by atoms with Gasteiger partial charge in [0.25, 0.3) is 5.91 Å². The molecule has 0 radical (unpaired) electrons. The van der Waals surface area contributed by atoms with E-state index in [0.29, 0.717) is 17.1 Å². The third kappa shape index (κ3) is 4.58. The Labute approximate surface area is 180 Å². The minimum absolute atomic E-state index is 0.0836. The summed E-state index contributed by atoms with van der Waals surface area (Å²) in [5.41, 5.74) is 3.41. The van der Waals surface area contributed by atoms with E-state index in [4.69, 9.17) is 4.74 Å². The number of fused-ring (bicyclic) bond motifs is 1. The van der Waals surface area contributed by atoms with Crippen molar-refractivity contribution in [3.05, 3.63) is 89.2 Å². The number of hydrogen-bond acceptors (Lipinski definition) is 3. The Bertz CT molecular complexity index is 1130. The number of carbonyl (C=O) groups is 2. The molecule has 0 saturated carbocycles. The molecule has 2 amide bonds. The normalized spacial score (nSPS) is 15.0. The number of aryl methyl sites for hydroxylation is 1. The van der Waals surface area contributed by atoms with Gasteiger partial charge in [0.15, 0.2) is 0 Å². The van der Waals surface area contributed by atoms with Crippen LogP contribution in [-0.4, -0.2) is 18.9 Å². The fourth-order valence-corrected chi connectivity index (χ4v) is 3.96. The van der Waals surface area contributed by atoms with Gasteiger partial charge in [0.05, 0.1) is 18.7 Å². The average molecular weight is 418 g/mol. The van der Waals surface area contributed by atoms with Gasteiger partial charge in [-0.3, -0.25) is 9.59 Å². The van der Waals surface area contributed by atoms with E-state index in [1.165, 1.54) is 30.9 Å². The quantitative estimate of drug-likeness (QED) is 0.603. The highest BCUT2D eigenvalue weighted by Gasteiger charge is 2.26. The molecule has 31 heavy (non-hydrogen) atoms. The first kappa shape index (κ1) is 20.6. The van der Waals surface area contributed by atoms with Crippen LogP contribution >= 0.6 is 0 Å². The van der Waals surface area contributed by atoms with E-state index in [1.807, 2.05) is 18.2 Å². The van der Waals surface area contributed by atoms with Crippen molar-refractivity contribution in [3.8, 4) is 5.75 Å². The molecular weight excluding hydrogens is 395 g/mol. The lowest BCUT2D eigenvalue weighted by molar-refractivity contribution is -0.117. The Morgan fingerprint density at radius 2 is 1.84 bits per heavy atom. The molecule has 0 fully saturated rings. The second-order valence-electron chi connectivity index (χ2n) is 7.51. The van der Waals surface area contributed by atoms with Crippen LogP contribution in [-0.2, 0) is 11.2 Å². The van der Waals surface area contributed by atoms with Gasteiger partial charge in [-0.15, -0.1) is 0 Å². The van der Waals surface area contributed by atoms with Gasteiger partial charge < -0.3 is 15.4 Å². The van der Waals surface area contributed by atoms with E-state index in [-0.39, 0.29) is 17.4 Å². The van der Waals surface area contributed by atoms with Gasteiger partial charge in [0, 0.05) is 11.3 Å². The predicted molar refractivity (Wildman–Crippen MR) is 118 cm³/mol. The van der Waals surface area contributed by atoms with Gasteiger partial charge in [-0.05, 0) is 66.8 Å². The second-order valence-corrected chi connectivity index (χ2v) is 7.51. The van der Waals surface area contributed by atoms with Crippen LogP contribution in [0.2, 0.25) is 0 Å². The first-order valence-electron chi connectivity index (χ1n) is 10.2. The predicted octanol–water partition coefficient (Wildman–Crippen LogP) is 5.15. The lowest BCUT2D eigenvalue weighted by Gasteiger charge is -2.24. The van der Waals surface area contributed by atoms with Gasteiger partial charge >= 0.3 is 0 Å². The zero-order valence-corrected chi connectivity index (χ0v) is 17.2. The fraction of sp³-hybridized carbons (Fsp3) is 0.200. The number of ether oxygens (including phenoxy) is 1. The van der Waals surface area contributed by atoms with E-state index in [2.05, 4.69) is 16.7 Å². The Morgan fingerprint density at radius 1 is 1.00 bits per heavy atom. The average Bonchev–Trinajstić information content (AvgIpc) is 2.79. The van der Waals surface area contributed by atoms with Gasteiger partial charge in [-0.25, -0.2) is 4.39 Å². The van der Waals surface area contributed by atoms with E-state index in [1.54, 1.807) is 18.2 Å². The highest BCUT2D eigenvalue weighted by atomic mass is 19.1. The zero-order valence-electron chi connectivity index (χ0n) is 17.2. The van der Waals surface area contributed by atoms with Gasteiger partial charge in [0.1, 0.15) is 11.6 Å². The number of rotatable bonds is 5. The molecule has 3 aromatic carbocycles. The van der Waals surface area contributed by atoms with E-state index in [0.717, 1.165) is 30.9 Å². The minimum Gasteiger partial charge on any atom is -0.495 e. The molecule has 158 valence electrons. The van der Waals surface area contributed by atoms with Crippen LogP contribution in [0.4, 0.5) is 15.8 Å². The third-order valence-electron chi connectivity index (χ3n) is 5.49. The van der Waals surface area contributed by atoms with Gasteiger partial charge in [-0.1, -0.05) is 30.3 Å². The summed E-state index contributed by atoms with van der Waals surface area (Å²) in [5, 5.41) is 5.69. The number of nitrogens with one attached hydrogen (secondary N) is 2. The molecule has 0 spiro atoms. The van der Waals surface area contributed by atoms with Crippen LogP contribution in [0.5, 0.6) is 5.75 Å². The van der Waals surface area contributed by atoms with Crippen LogP contribution in [0.25, 0.3) is 0 Å². The number of benzene rings is 3. The summed E-state index contributed by atoms with van der Waals surface area (Å²) in [5.74, 6) is -0.821.